The average molecular weight is 371 g/mol. The topological polar surface area (TPSA) is 75.5 Å². The van der Waals surface area contributed by atoms with E-state index in [0.717, 1.165) is 23.4 Å². The number of aryl methyl sites for hydroxylation is 1. The third-order valence-corrected chi connectivity index (χ3v) is 5.53. The molecule has 0 unspecified atom stereocenters. The highest BCUT2D eigenvalue weighted by molar-refractivity contribution is 7.17. The Morgan fingerprint density at radius 3 is 2.69 bits per heavy atom. The van der Waals surface area contributed by atoms with Crippen LogP contribution in [-0.2, 0) is 0 Å². The highest BCUT2D eigenvalue weighted by atomic mass is 32.1. The van der Waals surface area contributed by atoms with Crippen LogP contribution in [0.5, 0.6) is 11.5 Å². The monoisotopic (exact) mass is 371 g/mol. The molecule has 1 aromatic carbocycles. The minimum atomic E-state index is -0.0236. The summed E-state index contributed by atoms with van der Waals surface area (Å²) in [6.07, 6.45) is 2.37. The molecule has 7 heteroatoms. The van der Waals surface area contributed by atoms with Crippen molar-refractivity contribution in [1.82, 2.24) is 9.88 Å². The number of nitriles is 1. The predicted octanol–water partition coefficient (Wildman–Crippen LogP) is 3.65. The largest absolute Gasteiger partial charge is 0.493 e. The second kappa shape index (κ2) is 7.75. The van der Waals surface area contributed by atoms with Crippen LogP contribution in [-0.4, -0.2) is 42.6 Å². The molecule has 0 radical (unpaired) electrons. The summed E-state index contributed by atoms with van der Waals surface area (Å²) in [5.41, 5.74) is 1.59. The molecule has 1 heterocycles. The number of rotatable bonds is 7. The van der Waals surface area contributed by atoms with Gasteiger partial charge in [-0.2, -0.15) is 5.26 Å². The summed E-state index contributed by atoms with van der Waals surface area (Å²) < 4.78 is 10.6. The molecule has 1 fully saturated rings. The highest BCUT2D eigenvalue weighted by Gasteiger charge is 2.34. The van der Waals surface area contributed by atoms with E-state index in [1.165, 1.54) is 11.3 Å². The van der Waals surface area contributed by atoms with Gasteiger partial charge >= 0.3 is 0 Å². The first-order valence-corrected chi connectivity index (χ1v) is 9.28. The Bertz CT molecular complexity index is 852. The number of carbonyl (C=O) groups excluding carboxylic acids is 1. The van der Waals surface area contributed by atoms with Gasteiger partial charge in [0.1, 0.15) is 9.88 Å². The number of methoxy groups -OCH3 is 2. The van der Waals surface area contributed by atoms with Crippen molar-refractivity contribution < 1.29 is 14.3 Å². The smallest absolute Gasteiger partial charge is 0.266 e. The van der Waals surface area contributed by atoms with Gasteiger partial charge in [-0.1, -0.05) is 0 Å². The van der Waals surface area contributed by atoms with Crippen LogP contribution in [0.4, 0.5) is 0 Å². The molecule has 0 N–H and O–H groups in total. The molecule has 3 rings (SSSR count). The van der Waals surface area contributed by atoms with Crippen molar-refractivity contribution in [3.05, 3.63) is 28.8 Å². The Labute approximate surface area is 157 Å². The van der Waals surface area contributed by atoms with Crippen molar-refractivity contribution in [2.75, 3.05) is 20.8 Å². The van der Waals surface area contributed by atoms with Crippen LogP contribution < -0.4 is 9.47 Å². The lowest BCUT2D eigenvalue weighted by molar-refractivity contribution is 0.0751. The molecule has 0 aliphatic heterocycles. The first kappa shape index (κ1) is 18.2. The summed E-state index contributed by atoms with van der Waals surface area (Å²) in [5.74, 6) is 1.25. The van der Waals surface area contributed by atoms with Crippen LogP contribution >= 0.6 is 11.3 Å². The number of hydrogen-bond donors (Lipinski definition) is 0. The second-order valence-electron chi connectivity index (χ2n) is 6.14. The maximum atomic E-state index is 13.0. The molecule has 1 aliphatic carbocycles. The molecular formula is C19H21N3O3S. The van der Waals surface area contributed by atoms with Crippen molar-refractivity contribution in [1.29, 1.82) is 5.26 Å². The third-order valence-electron chi connectivity index (χ3n) is 4.33. The van der Waals surface area contributed by atoms with E-state index in [0.29, 0.717) is 35.0 Å². The zero-order valence-corrected chi connectivity index (χ0v) is 15.9. The Hall–Kier alpha value is -2.59. The third kappa shape index (κ3) is 3.65. The van der Waals surface area contributed by atoms with E-state index in [9.17, 15) is 4.79 Å². The molecule has 2 aromatic rings. The fraction of sp³-hybridized carbons (Fsp3) is 0.421. The number of hydrogen-bond acceptors (Lipinski definition) is 6. The zero-order chi connectivity index (χ0) is 18.7. The van der Waals surface area contributed by atoms with E-state index in [1.807, 2.05) is 30.0 Å². The van der Waals surface area contributed by atoms with Crippen LogP contribution in [0.3, 0.4) is 0 Å². The van der Waals surface area contributed by atoms with Crippen LogP contribution in [0.2, 0.25) is 0 Å². The van der Waals surface area contributed by atoms with Crippen LogP contribution in [0.15, 0.2) is 18.2 Å². The van der Waals surface area contributed by atoms with Gasteiger partial charge in [0.25, 0.3) is 5.91 Å². The maximum Gasteiger partial charge on any atom is 0.266 e. The first-order valence-electron chi connectivity index (χ1n) is 8.46. The van der Waals surface area contributed by atoms with Gasteiger partial charge in [-0.05, 0) is 38.0 Å². The Morgan fingerprint density at radius 1 is 1.35 bits per heavy atom. The van der Waals surface area contributed by atoms with Crippen LogP contribution in [0.25, 0.3) is 10.6 Å². The van der Waals surface area contributed by atoms with Crippen molar-refractivity contribution in [3.8, 4) is 28.1 Å². The molecule has 136 valence electrons. The number of ether oxygens (including phenoxy) is 2. The fourth-order valence-corrected chi connectivity index (χ4v) is 3.84. The molecule has 6 nitrogen and oxygen atoms in total. The lowest BCUT2D eigenvalue weighted by Gasteiger charge is -2.20. The standard InChI is InChI=1S/C19H21N3O3S/c1-12-17(19(23)22(10-4-9-20)14-6-7-14)26-18(21-12)13-5-8-15(24-2)16(11-13)25-3/h5,8,11,14H,4,6-7,10H2,1-3H3. The van der Waals surface area contributed by atoms with E-state index in [4.69, 9.17) is 14.7 Å². The molecular weight excluding hydrogens is 350 g/mol. The van der Waals surface area contributed by atoms with E-state index in [1.54, 1.807) is 14.2 Å². The molecule has 1 aromatic heterocycles. The van der Waals surface area contributed by atoms with Gasteiger partial charge in [0.2, 0.25) is 0 Å². The average Bonchev–Trinajstić information content (AvgIpc) is 3.42. The van der Waals surface area contributed by atoms with Gasteiger partial charge < -0.3 is 14.4 Å². The second-order valence-corrected chi connectivity index (χ2v) is 7.14. The van der Waals surface area contributed by atoms with Crippen molar-refractivity contribution in [2.45, 2.75) is 32.2 Å². The Kier molecular flexibility index (Phi) is 5.43. The minimum Gasteiger partial charge on any atom is -0.493 e. The van der Waals surface area contributed by atoms with Gasteiger partial charge in [-0.15, -0.1) is 11.3 Å². The summed E-state index contributed by atoms with van der Waals surface area (Å²) in [4.78, 5) is 20.0. The number of aromatic nitrogens is 1. The molecule has 0 spiro atoms. The first-order chi connectivity index (χ1) is 12.6. The quantitative estimate of drug-likeness (QED) is 0.742. The van der Waals surface area contributed by atoms with Crippen molar-refractivity contribution in [3.63, 3.8) is 0 Å². The van der Waals surface area contributed by atoms with E-state index < -0.39 is 0 Å². The van der Waals surface area contributed by atoms with Gasteiger partial charge in [-0.25, -0.2) is 4.98 Å². The lowest BCUT2D eigenvalue weighted by atomic mass is 10.2. The van der Waals surface area contributed by atoms with Gasteiger partial charge in [0.05, 0.1) is 32.4 Å². The molecule has 0 atom stereocenters. The van der Waals surface area contributed by atoms with Gasteiger partial charge in [0.15, 0.2) is 11.5 Å². The molecule has 26 heavy (non-hydrogen) atoms. The highest BCUT2D eigenvalue weighted by Crippen LogP contribution is 2.36. The number of nitrogens with zero attached hydrogens (tertiary/aromatic N) is 3. The molecule has 1 saturated carbocycles. The number of carbonyl (C=O) groups is 1. The maximum absolute atomic E-state index is 13.0. The molecule has 1 amide bonds. The summed E-state index contributed by atoms with van der Waals surface area (Å²) >= 11 is 1.38. The molecule has 0 bridgehead atoms. The van der Waals surface area contributed by atoms with Crippen molar-refractivity contribution in [2.24, 2.45) is 0 Å². The zero-order valence-electron chi connectivity index (χ0n) is 15.1. The predicted molar refractivity (Wildman–Crippen MR) is 99.7 cm³/mol. The molecule has 1 aliphatic rings. The lowest BCUT2D eigenvalue weighted by Crippen LogP contribution is -2.33. The van der Waals surface area contributed by atoms with E-state index in [2.05, 4.69) is 11.1 Å². The minimum absolute atomic E-state index is 0.0236. The van der Waals surface area contributed by atoms with E-state index in [-0.39, 0.29) is 11.9 Å². The summed E-state index contributed by atoms with van der Waals surface area (Å²) in [6.45, 7) is 2.33. The number of amides is 1. The normalized spacial score (nSPS) is 13.2. The summed E-state index contributed by atoms with van der Waals surface area (Å²) in [7, 11) is 3.18. The summed E-state index contributed by atoms with van der Waals surface area (Å²) in [6, 6.07) is 7.99. The number of benzene rings is 1. The van der Waals surface area contributed by atoms with Crippen molar-refractivity contribution >= 4 is 17.2 Å². The van der Waals surface area contributed by atoms with Crippen LogP contribution in [0.1, 0.15) is 34.6 Å². The molecule has 0 saturated heterocycles. The van der Waals surface area contributed by atoms with Gasteiger partial charge in [-0.3, -0.25) is 4.79 Å². The SMILES string of the molecule is COc1ccc(-c2nc(C)c(C(=O)N(CCC#N)C3CC3)s2)cc1OC. The summed E-state index contributed by atoms with van der Waals surface area (Å²) in [5, 5.41) is 9.62. The Morgan fingerprint density at radius 2 is 2.08 bits per heavy atom. The van der Waals surface area contributed by atoms with Gasteiger partial charge in [0, 0.05) is 18.2 Å². The van der Waals surface area contributed by atoms with E-state index >= 15 is 0 Å². The number of thiazole rings is 1. The fourth-order valence-electron chi connectivity index (χ4n) is 2.82. The Balaban J connectivity index is 1.89. The van der Waals surface area contributed by atoms with Crippen LogP contribution in [0, 0.1) is 18.3 Å².